The fourth-order valence-electron chi connectivity index (χ4n) is 2.27. The van der Waals surface area contributed by atoms with Crippen molar-refractivity contribution in [1.29, 1.82) is 0 Å². The van der Waals surface area contributed by atoms with Crippen LogP contribution in [-0.2, 0) is 17.1 Å². The van der Waals surface area contributed by atoms with Gasteiger partial charge in [-0.3, -0.25) is 4.79 Å². The molecule has 0 aromatic heterocycles. The number of aliphatic imine (C=N–C) groups is 1. The Bertz CT molecular complexity index is 605. The average molecular weight is 369 g/mol. The van der Waals surface area contributed by atoms with E-state index in [1.165, 1.54) is 6.07 Å². The summed E-state index contributed by atoms with van der Waals surface area (Å²) in [5.41, 5.74) is 1.40. The van der Waals surface area contributed by atoms with Gasteiger partial charge < -0.3 is 16.0 Å². The standard InChI is InChI=1S/C18H29FN4OS/c1-6-21-17(23-12-18(2,3)16(24)20-4)22-10-13-7-8-15(19)9-14(13)11-25-5/h7-9H,6,10-12H2,1-5H3,(H,20,24)(H2,21,22,23). The molecule has 0 saturated heterocycles. The van der Waals surface area contributed by atoms with E-state index in [1.54, 1.807) is 30.9 Å². The molecule has 0 aliphatic rings. The van der Waals surface area contributed by atoms with Crippen molar-refractivity contribution in [3.05, 3.63) is 35.1 Å². The fourth-order valence-corrected chi connectivity index (χ4v) is 2.85. The quantitative estimate of drug-likeness (QED) is 0.487. The molecule has 5 nitrogen and oxygen atoms in total. The van der Waals surface area contributed by atoms with Gasteiger partial charge in [0.2, 0.25) is 5.91 Å². The number of nitrogens with one attached hydrogen (secondary N) is 3. The summed E-state index contributed by atoms with van der Waals surface area (Å²) in [5.74, 6) is 1.13. The number of carbonyl (C=O) groups is 1. The number of hydrogen-bond acceptors (Lipinski definition) is 3. The molecule has 1 aromatic rings. The molecule has 0 heterocycles. The Morgan fingerprint density at radius 1 is 1.28 bits per heavy atom. The second-order valence-electron chi connectivity index (χ2n) is 6.36. The highest BCUT2D eigenvalue weighted by Crippen LogP contribution is 2.18. The van der Waals surface area contributed by atoms with Gasteiger partial charge in [0.1, 0.15) is 5.82 Å². The van der Waals surface area contributed by atoms with E-state index in [0.29, 0.717) is 25.6 Å². The Labute approximate surface area is 154 Å². The van der Waals surface area contributed by atoms with Crippen LogP contribution in [0.2, 0.25) is 0 Å². The van der Waals surface area contributed by atoms with Gasteiger partial charge in [-0.05, 0) is 50.3 Å². The van der Waals surface area contributed by atoms with Gasteiger partial charge in [-0.25, -0.2) is 9.38 Å². The van der Waals surface area contributed by atoms with E-state index in [-0.39, 0.29) is 11.7 Å². The van der Waals surface area contributed by atoms with E-state index in [9.17, 15) is 9.18 Å². The van der Waals surface area contributed by atoms with E-state index in [1.807, 2.05) is 27.0 Å². The van der Waals surface area contributed by atoms with E-state index in [2.05, 4.69) is 20.9 Å². The topological polar surface area (TPSA) is 65.5 Å². The summed E-state index contributed by atoms with van der Waals surface area (Å²) in [6.45, 7) is 7.36. The van der Waals surface area contributed by atoms with Gasteiger partial charge in [-0.1, -0.05) is 6.07 Å². The summed E-state index contributed by atoms with van der Waals surface area (Å²) in [6, 6.07) is 4.81. The molecule has 0 bridgehead atoms. The second-order valence-corrected chi connectivity index (χ2v) is 7.22. The molecule has 0 atom stereocenters. The smallest absolute Gasteiger partial charge is 0.227 e. The van der Waals surface area contributed by atoms with Gasteiger partial charge in [-0.2, -0.15) is 11.8 Å². The van der Waals surface area contributed by atoms with Crippen molar-refractivity contribution in [3.63, 3.8) is 0 Å². The normalized spacial score (nSPS) is 12.0. The first-order chi connectivity index (χ1) is 11.8. The SMILES string of the molecule is CCNC(=NCc1ccc(F)cc1CSC)NCC(C)(C)C(=O)NC. The lowest BCUT2D eigenvalue weighted by Gasteiger charge is -2.24. The van der Waals surface area contributed by atoms with Crippen LogP contribution in [0.1, 0.15) is 31.9 Å². The molecule has 0 unspecified atom stereocenters. The fraction of sp³-hybridized carbons (Fsp3) is 0.556. The summed E-state index contributed by atoms with van der Waals surface area (Å²) in [5, 5.41) is 9.05. The summed E-state index contributed by atoms with van der Waals surface area (Å²) in [4.78, 5) is 16.5. The minimum Gasteiger partial charge on any atom is -0.359 e. The zero-order chi connectivity index (χ0) is 18.9. The zero-order valence-electron chi connectivity index (χ0n) is 15.7. The first kappa shape index (κ1) is 21.3. The minimum absolute atomic E-state index is 0.0309. The maximum Gasteiger partial charge on any atom is 0.227 e. The minimum atomic E-state index is -0.551. The lowest BCUT2D eigenvalue weighted by molar-refractivity contribution is -0.128. The van der Waals surface area contributed by atoms with Crippen LogP contribution < -0.4 is 16.0 Å². The van der Waals surface area contributed by atoms with Gasteiger partial charge in [0, 0.05) is 25.9 Å². The lowest BCUT2D eigenvalue weighted by Crippen LogP contribution is -2.47. The molecule has 0 saturated carbocycles. The van der Waals surface area contributed by atoms with Crippen molar-refractivity contribution in [2.45, 2.75) is 33.1 Å². The van der Waals surface area contributed by atoms with Crippen LogP contribution in [0.15, 0.2) is 23.2 Å². The number of benzene rings is 1. The Morgan fingerprint density at radius 2 is 2.00 bits per heavy atom. The van der Waals surface area contributed by atoms with Gasteiger partial charge in [0.15, 0.2) is 5.96 Å². The van der Waals surface area contributed by atoms with E-state index in [0.717, 1.165) is 16.9 Å². The van der Waals surface area contributed by atoms with Crippen LogP contribution >= 0.6 is 11.8 Å². The third kappa shape index (κ3) is 6.94. The Morgan fingerprint density at radius 3 is 2.60 bits per heavy atom. The maximum atomic E-state index is 13.4. The summed E-state index contributed by atoms with van der Waals surface area (Å²) < 4.78 is 13.4. The second kappa shape index (κ2) is 10.3. The average Bonchev–Trinajstić information content (AvgIpc) is 2.58. The van der Waals surface area contributed by atoms with Gasteiger partial charge >= 0.3 is 0 Å². The van der Waals surface area contributed by atoms with Gasteiger partial charge in [-0.15, -0.1) is 0 Å². The third-order valence-corrected chi connectivity index (χ3v) is 4.36. The number of thioether (sulfide) groups is 1. The Balaban J connectivity index is 2.84. The molecule has 7 heteroatoms. The zero-order valence-corrected chi connectivity index (χ0v) is 16.5. The largest absolute Gasteiger partial charge is 0.359 e. The van der Waals surface area contributed by atoms with Crippen molar-refractivity contribution in [2.75, 3.05) is 26.4 Å². The van der Waals surface area contributed by atoms with Gasteiger partial charge in [0.05, 0.1) is 12.0 Å². The molecule has 1 aromatic carbocycles. The summed E-state index contributed by atoms with van der Waals surface area (Å²) >= 11 is 1.65. The molecule has 0 aliphatic carbocycles. The Hall–Kier alpha value is -1.76. The molecular weight excluding hydrogens is 339 g/mol. The number of halogens is 1. The van der Waals surface area contributed by atoms with Crippen LogP contribution in [0.3, 0.4) is 0 Å². The number of amides is 1. The number of rotatable bonds is 8. The number of carbonyl (C=O) groups excluding carboxylic acids is 1. The van der Waals surface area contributed by atoms with E-state index in [4.69, 9.17) is 0 Å². The van der Waals surface area contributed by atoms with Crippen LogP contribution in [0.4, 0.5) is 4.39 Å². The van der Waals surface area contributed by atoms with Crippen LogP contribution in [0.5, 0.6) is 0 Å². The first-order valence-electron chi connectivity index (χ1n) is 8.34. The van der Waals surface area contributed by atoms with Crippen molar-refractivity contribution in [1.82, 2.24) is 16.0 Å². The molecule has 3 N–H and O–H groups in total. The van der Waals surface area contributed by atoms with Crippen LogP contribution in [0.25, 0.3) is 0 Å². The van der Waals surface area contributed by atoms with Gasteiger partial charge in [0.25, 0.3) is 0 Å². The molecule has 1 rings (SSSR count). The van der Waals surface area contributed by atoms with E-state index < -0.39 is 5.41 Å². The molecule has 140 valence electrons. The van der Waals surface area contributed by atoms with Crippen LogP contribution in [-0.4, -0.2) is 38.3 Å². The molecule has 1 amide bonds. The predicted molar refractivity (Wildman–Crippen MR) is 104 cm³/mol. The van der Waals surface area contributed by atoms with Crippen molar-refractivity contribution in [3.8, 4) is 0 Å². The third-order valence-electron chi connectivity index (χ3n) is 3.76. The molecule has 0 aliphatic heterocycles. The van der Waals surface area contributed by atoms with Crippen LogP contribution in [0, 0.1) is 11.2 Å². The highest BCUT2D eigenvalue weighted by Gasteiger charge is 2.26. The molecule has 25 heavy (non-hydrogen) atoms. The summed E-state index contributed by atoms with van der Waals surface area (Å²) in [7, 11) is 1.63. The lowest BCUT2D eigenvalue weighted by atomic mass is 9.92. The van der Waals surface area contributed by atoms with E-state index >= 15 is 0 Å². The highest BCUT2D eigenvalue weighted by molar-refractivity contribution is 7.97. The number of hydrogen-bond donors (Lipinski definition) is 3. The molecule has 0 radical (unpaired) electrons. The van der Waals surface area contributed by atoms with Crippen molar-refractivity contribution < 1.29 is 9.18 Å². The monoisotopic (exact) mass is 368 g/mol. The predicted octanol–water partition coefficient (Wildman–Crippen LogP) is 2.52. The van der Waals surface area contributed by atoms with Crippen molar-refractivity contribution in [2.24, 2.45) is 10.4 Å². The highest BCUT2D eigenvalue weighted by atomic mass is 32.2. The molecular formula is C18H29FN4OS. The Kier molecular flexibility index (Phi) is 8.75. The van der Waals surface area contributed by atoms with Crippen molar-refractivity contribution >= 4 is 23.6 Å². The molecule has 0 spiro atoms. The number of guanidine groups is 1. The maximum absolute atomic E-state index is 13.4. The molecule has 0 fully saturated rings. The first-order valence-corrected chi connectivity index (χ1v) is 9.74. The summed E-state index contributed by atoms with van der Waals surface area (Å²) in [6.07, 6.45) is 1.99. The number of nitrogens with zero attached hydrogens (tertiary/aromatic N) is 1.